The molecule has 0 heterocycles. The van der Waals surface area contributed by atoms with E-state index in [4.69, 9.17) is 22.7 Å². The number of anilines is 2. The summed E-state index contributed by atoms with van der Waals surface area (Å²) < 4.78 is 5.02. The predicted octanol–water partition coefficient (Wildman–Crippen LogP) is 3.27. The van der Waals surface area contributed by atoms with Crippen LogP contribution in [0, 0.1) is 0 Å². The highest BCUT2D eigenvalue weighted by Gasteiger charge is 2.06. The first-order valence-corrected chi connectivity index (χ1v) is 7.13. The number of para-hydroxylation sites is 2. The highest BCUT2D eigenvalue weighted by atomic mass is 32.1. The van der Waals surface area contributed by atoms with Crippen molar-refractivity contribution >= 4 is 34.8 Å². The second kappa shape index (κ2) is 9.14. The summed E-state index contributed by atoms with van der Waals surface area (Å²) in [6, 6.07) is 7.17. The van der Waals surface area contributed by atoms with Crippen molar-refractivity contribution in [3.05, 3.63) is 24.3 Å². The Morgan fingerprint density at radius 3 is 2.75 bits per heavy atom. The number of nitrogens with one attached hydrogen (secondary N) is 2. The van der Waals surface area contributed by atoms with Crippen LogP contribution in [0.2, 0.25) is 0 Å². The molecule has 5 nitrogen and oxygen atoms in total. The molecule has 0 unspecified atom stereocenters. The van der Waals surface area contributed by atoms with Crippen LogP contribution in [0.15, 0.2) is 24.3 Å². The van der Waals surface area contributed by atoms with E-state index >= 15 is 0 Å². The van der Waals surface area contributed by atoms with E-state index in [1.54, 1.807) is 12.1 Å². The van der Waals surface area contributed by atoms with E-state index < -0.39 is 6.09 Å². The third-order valence-electron chi connectivity index (χ3n) is 2.66. The van der Waals surface area contributed by atoms with Gasteiger partial charge in [0.15, 0.2) is 5.11 Å². The topological polar surface area (TPSA) is 76.4 Å². The molecule has 0 spiro atoms. The molecule has 4 N–H and O–H groups in total. The number of thiocarbonyl (C=S) groups is 1. The van der Waals surface area contributed by atoms with Crippen molar-refractivity contribution < 1.29 is 9.53 Å². The van der Waals surface area contributed by atoms with E-state index in [9.17, 15) is 4.79 Å². The van der Waals surface area contributed by atoms with Gasteiger partial charge in [0.1, 0.15) is 0 Å². The second-order valence-electron chi connectivity index (χ2n) is 4.36. The van der Waals surface area contributed by atoms with Crippen LogP contribution in [0.1, 0.15) is 32.6 Å². The molecule has 0 aliphatic heterocycles. The van der Waals surface area contributed by atoms with Crippen molar-refractivity contribution in [1.29, 1.82) is 0 Å². The lowest BCUT2D eigenvalue weighted by Gasteiger charge is -2.11. The normalized spacial score (nSPS) is 9.85. The average Bonchev–Trinajstić information content (AvgIpc) is 2.41. The molecule has 0 atom stereocenters. The van der Waals surface area contributed by atoms with E-state index in [0.29, 0.717) is 18.0 Å². The number of hydrogen-bond donors (Lipinski definition) is 3. The Hall–Kier alpha value is -1.82. The largest absolute Gasteiger partial charge is 0.449 e. The van der Waals surface area contributed by atoms with Crippen molar-refractivity contribution in [2.75, 3.05) is 17.7 Å². The maximum Gasteiger partial charge on any atom is 0.413 e. The summed E-state index contributed by atoms with van der Waals surface area (Å²) in [7, 11) is 0. The van der Waals surface area contributed by atoms with E-state index in [0.717, 1.165) is 25.7 Å². The first kappa shape index (κ1) is 16.2. The van der Waals surface area contributed by atoms with Crippen LogP contribution in [0.3, 0.4) is 0 Å². The van der Waals surface area contributed by atoms with Gasteiger partial charge in [-0.05, 0) is 30.8 Å². The molecule has 0 bridgehead atoms. The van der Waals surface area contributed by atoms with Gasteiger partial charge in [0.25, 0.3) is 0 Å². The SMILES string of the molecule is CCCCCCOC(=O)NC(=S)Nc1ccccc1N. The van der Waals surface area contributed by atoms with Crippen molar-refractivity contribution in [1.82, 2.24) is 5.32 Å². The van der Waals surface area contributed by atoms with Gasteiger partial charge in [0.05, 0.1) is 18.0 Å². The fraction of sp³-hybridized carbons (Fsp3) is 0.429. The molecular formula is C14H21N3O2S. The Bertz CT molecular complexity index is 452. The third-order valence-corrected chi connectivity index (χ3v) is 2.86. The standard InChI is InChI=1S/C14H21N3O2S/c1-2-3-4-7-10-19-14(18)17-13(20)16-12-9-6-5-8-11(12)15/h5-6,8-9H,2-4,7,10,15H2,1H3,(H2,16,17,18,20). The Balaban J connectivity index is 2.25. The smallest absolute Gasteiger partial charge is 0.413 e. The van der Waals surface area contributed by atoms with Crippen molar-refractivity contribution in [3.8, 4) is 0 Å². The molecule has 1 aromatic carbocycles. The van der Waals surface area contributed by atoms with Gasteiger partial charge in [-0.15, -0.1) is 0 Å². The Morgan fingerprint density at radius 2 is 2.05 bits per heavy atom. The van der Waals surface area contributed by atoms with Crippen molar-refractivity contribution in [3.63, 3.8) is 0 Å². The lowest BCUT2D eigenvalue weighted by atomic mass is 10.2. The van der Waals surface area contributed by atoms with Crippen LogP contribution in [-0.4, -0.2) is 17.8 Å². The van der Waals surface area contributed by atoms with Crippen molar-refractivity contribution in [2.24, 2.45) is 0 Å². The van der Waals surface area contributed by atoms with Crippen LogP contribution in [0.5, 0.6) is 0 Å². The van der Waals surface area contributed by atoms with E-state index in [1.807, 2.05) is 12.1 Å². The zero-order valence-corrected chi connectivity index (χ0v) is 12.5. The van der Waals surface area contributed by atoms with Gasteiger partial charge in [-0.2, -0.15) is 0 Å². The summed E-state index contributed by atoms with van der Waals surface area (Å²) in [6.45, 7) is 2.54. The number of nitrogen functional groups attached to an aromatic ring is 1. The van der Waals surface area contributed by atoms with Crippen molar-refractivity contribution in [2.45, 2.75) is 32.6 Å². The number of alkyl carbamates (subject to hydrolysis) is 1. The summed E-state index contributed by atoms with van der Waals surface area (Å²) in [5.41, 5.74) is 6.97. The zero-order valence-electron chi connectivity index (χ0n) is 11.6. The van der Waals surface area contributed by atoms with Gasteiger partial charge in [-0.1, -0.05) is 38.3 Å². The number of carbonyl (C=O) groups is 1. The number of hydrogen-bond acceptors (Lipinski definition) is 4. The molecule has 1 rings (SSSR count). The molecule has 0 aliphatic carbocycles. The lowest BCUT2D eigenvalue weighted by molar-refractivity contribution is 0.149. The molecule has 0 saturated heterocycles. The van der Waals surface area contributed by atoms with Gasteiger partial charge in [-0.3, -0.25) is 5.32 Å². The number of unbranched alkanes of at least 4 members (excludes halogenated alkanes) is 3. The summed E-state index contributed by atoms with van der Waals surface area (Å²) in [6.07, 6.45) is 3.69. The van der Waals surface area contributed by atoms with Crippen LogP contribution >= 0.6 is 12.2 Å². The molecule has 110 valence electrons. The third kappa shape index (κ3) is 6.38. The van der Waals surface area contributed by atoms with Crippen LogP contribution in [0.4, 0.5) is 16.2 Å². The monoisotopic (exact) mass is 295 g/mol. The number of carbonyl (C=O) groups excluding carboxylic acids is 1. The Labute approximate surface area is 124 Å². The molecule has 1 aromatic rings. The maximum atomic E-state index is 11.5. The Kier molecular flexibility index (Phi) is 7.42. The maximum absolute atomic E-state index is 11.5. The predicted molar refractivity (Wildman–Crippen MR) is 85.7 cm³/mol. The molecule has 0 saturated carbocycles. The van der Waals surface area contributed by atoms with Gasteiger partial charge in [0, 0.05) is 0 Å². The van der Waals surface area contributed by atoms with Crippen LogP contribution in [0.25, 0.3) is 0 Å². The summed E-state index contributed by atoms with van der Waals surface area (Å²) in [4.78, 5) is 11.5. The molecule has 0 aromatic heterocycles. The van der Waals surface area contributed by atoms with Crippen LogP contribution in [-0.2, 0) is 4.74 Å². The van der Waals surface area contributed by atoms with E-state index in [1.165, 1.54) is 0 Å². The first-order chi connectivity index (χ1) is 9.63. The lowest BCUT2D eigenvalue weighted by Crippen LogP contribution is -2.34. The minimum atomic E-state index is -0.548. The summed E-state index contributed by atoms with van der Waals surface area (Å²) in [5, 5.41) is 5.46. The van der Waals surface area contributed by atoms with Gasteiger partial charge in [-0.25, -0.2) is 4.79 Å². The fourth-order valence-electron chi connectivity index (χ4n) is 1.59. The molecule has 0 aliphatic rings. The molecule has 0 fully saturated rings. The quantitative estimate of drug-likeness (QED) is 0.426. The fourth-order valence-corrected chi connectivity index (χ4v) is 1.78. The summed E-state index contributed by atoms with van der Waals surface area (Å²) in [5.74, 6) is 0. The van der Waals surface area contributed by atoms with Gasteiger partial charge in [0.2, 0.25) is 0 Å². The Morgan fingerprint density at radius 1 is 1.30 bits per heavy atom. The van der Waals surface area contributed by atoms with Gasteiger partial charge < -0.3 is 15.8 Å². The number of nitrogens with two attached hydrogens (primary N) is 1. The second-order valence-corrected chi connectivity index (χ2v) is 4.77. The minimum absolute atomic E-state index is 0.168. The molecule has 1 amide bonds. The molecule has 6 heteroatoms. The summed E-state index contributed by atoms with van der Waals surface area (Å²) >= 11 is 5.01. The zero-order chi connectivity index (χ0) is 14.8. The molecule has 0 radical (unpaired) electrons. The van der Waals surface area contributed by atoms with E-state index in [-0.39, 0.29) is 5.11 Å². The van der Waals surface area contributed by atoms with E-state index in [2.05, 4.69) is 17.6 Å². The van der Waals surface area contributed by atoms with Gasteiger partial charge >= 0.3 is 6.09 Å². The molecular weight excluding hydrogens is 274 g/mol. The molecule has 20 heavy (non-hydrogen) atoms. The highest BCUT2D eigenvalue weighted by molar-refractivity contribution is 7.80. The first-order valence-electron chi connectivity index (χ1n) is 6.72. The average molecular weight is 295 g/mol. The highest BCUT2D eigenvalue weighted by Crippen LogP contribution is 2.16. The number of ether oxygens (including phenoxy) is 1. The number of amides is 1. The van der Waals surface area contributed by atoms with Crippen LogP contribution < -0.4 is 16.4 Å². The number of rotatable bonds is 6. The number of benzene rings is 1. The minimum Gasteiger partial charge on any atom is -0.449 e.